The van der Waals surface area contributed by atoms with Crippen LogP contribution in [0.25, 0.3) is 0 Å². The van der Waals surface area contributed by atoms with E-state index in [1.54, 1.807) is 25.3 Å². The second-order valence-corrected chi connectivity index (χ2v) is 8.69. The molecule has 0 unspecified atom stereocenters. The zero-order valence-corrected chi connectivity index (χ0v) is 17.2. The summed E-state index contributed by atoms with van der Waals surface area (Å²) >= 11 is 0. The Morgan fingerprint density at radius 2 is 2.04 bits per heavy atom. The minimum atomic E-state index is -3.58. The standard InChI is InChI=1S/C19H30N2O5S/c1-4-5-15(2)20-19(22)9-6-16-14-17(7-8-18(16)25-3)27(23,24)21-10-12-26-13-11-21/h7-8,14-15H,4-6,9-13H2,1-3H3,(H,20,22)/t15-/m1/s1. The maximum absolute atomic E-state index is 12.8. The number of nitrogens with one attached hydrogen (secondary N) is 1. The molecule has 1 aromatic rings. The largest absolute Gasteiger partial charge is 0.496 e. The molecule has 1 aromatic carbocycles. The van der Waals surface area contributed by atoms with Crippen molar-refractivity contribution in [3.63, 3.8) is 0 Å². The van der Waals surface area contributed by atoms with Crippen LogP contribution in [0.1, 0.15) is 38.7 Å². The van der Waals surface area contributed by atoms with Crippen molar-refractivity contribution in [2.75, 3.05) is 33.4 Å². The van der Waals surface area contributed by atoms with Gasteiger partial charge in [-0.1, -0.05) is 13.3 Å². The summed E-state index contributed by atoms with van der Waals surface area (Å²) in [7, 11) is -2.04. The van der Waals surface area contributed by atoms with Gasteiger partial charge in [-0.2, -0.15) is 4.31 Å². The van der Waals surface area contributed by atoms with Crippen LogP contribution in [0.5, 0.6) is 5.75 Å². The summed E-state index contributed by atoms with van der Waals surface area (Å²) in [5.74, 6) is 0.546. The lowest BCUT2D eigenvalue weighted by Gasteiger charge is -2.26. The van der Waals surface area contributed by atoms with Gasteiger partial charge in [-0.3, -0.25) is 4.79 Å². The lowest BCUT2D eigenvalue weighted by atomic mass is 10.1. The molecule has 0 bridgehead atoms. The summed E-state index contributed by atoms with van der Waals surface area (Å²) in [5, 5.41) is 2.96. The Morgan fingerprint density at radius 3 is 2.67 bits per heavy atom. The van der Waals surface area contributed by atoms with Gasteiger partial charge in [-0.15, -0.1) is 0 Å². The maximum atomic E-state index is 12.8. The van der Waals surface area contributed by atoms with Crippen LogP contribution in [-0.2, 0) is 26.0 Å². The van der Waals surface area contributed by atoms with E-state index in [-0.39, 0.29) is 23.3 Å². The normalized spacial score (nSPS) is 16.7. The monoisotopic (exact) mass is 398 g/mol. The number of amides is 1. The smallest absolute Gasteiger partial charge is 0.243 e. The number of aryl methyl sites for hydroxylation is 1. The highest BCUT2D eigenvalue weighted by Crippen LogP contribution is 2.26. The van der Waals surface area contributed by atoms with Crippen LogP contribution in [0, 0.1) is 0 Å². The predicted octanol–water partition coefficient (Wildman–Crippen LogP) is 1.95. The Morgan fingerprint density at radius 1 is 1.33 bits per heavy atom. The van der Waals surface area contributed by atoms with Crippen molar-refractivity contribution in [3.8, 4) is 5.75 Å². The number of hydrogen-bond donors (Lipinski definition) is 1. The Kier molecular flexibility index (Phi) is 8.07. The fraction of sp³-hybridized carbons (Fsp3) is 0.632. The van der Waals surface area contributed by atoms with E-state index < -0.39 is 10.0 Å². The molecule has 0 spiro atoms. The number of nitrogens with zero attached hydrogens (tertiary/aromatic N) is 1. The quantitative estimate of drug-likeness (QED) is 0.687. The summed E-state index contributed by atoms with van der Waals surface area (Å²) in [6.45, 7) is 5.56. The van der Waals surface area contributed by atoms with Crippen LogP contribution >= 0.6 is 0 Å². The average molecular weight is 399 g/mol. The van der Waals surface area contributed by atoms with E-state index in [9.17, 15) is 13.2 Å². The highest BCUT2D eigenvalue weighted by molar-refractivity contribution is 7.89. The Bertz CT molecular complexity index is 730. The zero-order valence-electron chi connectivity index (χ0n) is 16.4. The Hall–Kier alpha value is -1.64. The van der Waals surface area contributed by atoms with Gasteiger partial charge in [-0.25, -0.2) is 8.42 Å². The van der Waals surface area contributed by atoms with E-state index in [1.165, 1.54) is 4.31 Å². The lowest BCUT2D eigenvalue weighted by Crippen LogP contribution is -2.40. The number of ether oxygens (including phenoxy) is 2. The third kappa shape index (κ3) is 5.92. The summed E-state index contributed by atoms with van der Waals surface area (Å²) in [6.07, 6.45) is 2.64. The molecule has 0 saturated carbocycles. The molecule has 152 valence electrons. The number of carbonyl (C=O) groups is 1. The van der Waals surface area contributed by atoms with Crippen molar-refractivity contribution in [1.29, 1.82) is 0 Å². The van der Waals surface area contributed by atoms with Crippen molar-refractivity contribution in [2.45, 2.75) is 50.5 Å². The highest BCUT2D eigenvalue weighted by atomic mass is 32.2. The van der Waals surface area contributed by atoms with Gasteiger partial charge in [0.2, 0.25) is 15.9 Å². The highest BCUT2D eigenvalue weighted by Gasteiger charge is 2.27. The first-order valence-electron chi connectivity index (χ1n) is 9.42. The molecule has 1 atom stereocenters. The minimum Gasteiger partial charge on any atom is -0.496 e. The molecule has 0 aliphatic carbocycles. The van der Waals surface area contributed by atoms with E-state index in [0.717, 1.165) is 12.8 Å². The average Bonchev–Trinajstić information content (AvgIpc) is 2.67. The van der Waals surface area contributed by atoms with Crippen LogP contribution in [0.2, 0.25) is 0 Å². The number of sulfonamides is 1. The summed E-state index contributed by atoms with van der Waals surface area (Å²) < 4.78 is 37.7. The molecule has 1 aliphatic heterocycles. The molecule has 27 heavy (non-hydrogen) atoms. The molecule has 8 heteroatoms. The molecule has 2 rings (SSSR count). The van der Waals surface area contributed by atoms with E-state index in [0.29, 0.717) is 44.0 Å². The second kappa shape index (κ2) is 10.1. The van der Waals surface area contributed by atoms with E-state index in [4.69, 9.17) is 9.47 Å². The van der Waals surface area contributed by atoms with Gasteiger partial charge in [0, 0.05) is 25.6 Å². The summed E-state index contributed by atoms with van der Waals surface area (Å²) in [4.78, 5) is 12.4. The van der Waals surface area contributed by atoms with E-state index in [1.807, 2.05) is 6.92 Å². The molecule has 1 fully saturated rings. The molecule has 1 heterocycles. The molecule has 0 aromatic heterocycles. The first kappa shape index (κ1) is 21.7. The third-order valence-corrected chi connectivity index (χ3v) is 6.50. The number of methoxy groups -OCH3 is 1. The van der Waals surface area contributed by atoms with Crippen LogP contribution in [0.15, 0.2) is 23.1 Å². The molecule has 7 nitrogen and oxygen atoms in total. The lowest BCUT2D eigenvalue weighted by molar-refractivity contribution is -0.121. The van der Waals surface area contributed by atoms with Crippen molar-refractivity contribution in [3.05, 3.63) is 23.8 Å². The van der Waals surface area contributed by atoms with Crippen molar-refractivity contribution in [2.24, 2.45) is 0 Å². The first-order valence-corrected chi connectivity index (χ1v) is 10.9. The first-order chi connectivity index (χ1) is 12.9. The molecular formula is C19H30N2O5S. The van der Waals surface area contributed by atoms with E-state index >= 15 is 0 Å². The number of carbonyl (C=O) groups excluding carboxylic acids is 1. The Labute approximate surface area is 162 Å². The zero-order chi connectivity index (χ0) is 19.9. The molecule has 1 N–H and O–H groups in total. The predicted molar refractivity (Wildman–Crippen MR) is 103 cm³/mol. The number of hydrogen-bond acceptors (Lipinski definition) is 5. The van der Waals surface area contributed by atoms with Gasteiger partial charge in [-0.05, 0) is 43.5 Å². The molecule has 0 radical (unpaired) electrons. The minimum absolute atomic E-state index is 0.0422. The van der Waals surface area contributed by atoms with Crippen molar-refractivity contribution in [1.82, 2.24) is 9.62 Å². The topological polar surface area (TPSA) is 84.9 Å². The molecular weight excluding hydrogens is 368 g/mol. The Balaban J connectivity index is 2.11. The summed E-state index contributed by atoms with van der Waals surface area (Å²) in [6, 6.07) is 4.96. The van der Waals surface area contributed by atoms with Crippen molar-refractivity contribution < 1.29 is 22.7 Å². The van der Waals surface area contributed by atoms with Gasteiger partial charge < -0.3 is 14.8 Å². The van der Waals surface area contributed by atoms with Gasteiger partial charge in [0.15, 0.2) is 0 Å². The van der Waals surface area contributed by atoms with Gasteiger partial charge in [0.05, 0.1) is 25.2 Å². The number of rotatable bonds is 9. The maximum Gasteiger partial charge on any atom is 0.243 e. The van der Waals surface area contributed by atoms with Crippen molar-refractivity contribution >= 4 is 15.9 Å². The number of morpholine rings is 1. The SMILES string of the molecule is CCC[C@@H](C)NC(=O)CCc1cc(S(=O)(=O)N2CCOCC2)ccc1OC. The fourth-order valence-electron chi connectivity index (χ4n) is 3.15. The molecule has 1 amide bonds. The fourth-order valence-corrected chi connectivity index (χ4v) is 4.61. The van der Waals surface area contributed by atoms with Gasteiger partial charge in [0.25, 0.3) is 0 Å². The van der Waals surface area contributed by atoms with Crippen LogP contribution in [0.4, 0.5) is 0 Å². The van der Waals surface area contributed by atoms with Gasteiger partial charge in [0.1, 0.15) is 5.75 Å². The van der Waals surface area contributed by atoms with Crippen LogP contribution in [-0.4, -0.2) is 58.1 Å². The molecule has 1 saturated heterocycles. The van der Waals surface area contributed by atoms with Crippen LogP contribution < -0.4 is 10.1 Å². The second-order valence-electron chi connectivity index (χ2n) is 6.75. The van der Waals surface area contributed by atoms with E-state index in [2.05, 4.69) is 12.2 Å². The third-order valence-electron chi connectivity index (χ3n) is 4.61. The number of benzene rings is 1. The van der Waals surface area contributed by atoms with Crippen LogP contribution in [0.3, 0.4) is 0 Å². The van der Waals surface area contributed by atoms with Gasteiger partial charge >= 0.3 is 0 Å². The summed E-state index contributed by atoms with van der Waals surface area (Å²) in [5.41, 5.74) is 0.713. The molecule has 1 aliphatic rings.